The van der Waals surface area contributed by atoms with Gasteiger partial charge in [-0.25, -0.2) is 0 Å². The van der Waals surface area contributed by atoms with E-state index in [1.165, 1.54) is 5.56 Å². The van der Waals surface area contributed by atoms with E-state index >= 15 is 0 Å². The van der Waals surface area contributed by atoms with Crippen LogP contribution in [0.25, 0.3) is 0 Å². The highest BCUT2D eigenvalue weighted by Crippen LogP contribution is 2.25. The number of hydrogen-bond donors (Lipinski definition) is 2. The number of nitrogens with one attached hydrogen (secondary N) is 1. The Morgan fingerprint density at radius 2 is 1.90 bits per heavy atom. The van der Waals surface area contributed by atoms with E-state index < -0.39 is 0 Å². The molecule has 0 radical (unpaired) electrons. The third kappa shape index (κ3) is 4.89. The molecule has 0 aliphatic carbocycles. The number of nitrogens with zero attached hydrogens (tertiary/aromatic N) is 1. The van der Waals surface area contributed by atoms with Crippen molar-refractivity contribution in [2.45, 2.75) is 45.9 Å². The van der Waals surface area contributed by atoms with Gasteiger partial charge in [0, 0.05) is 32.2 Å². The number of aliphatic hydroxyl groups is 1. The molecule has 3 heteroatoms. The maximum Gasteiger partial charge on any atom is 0.0791 e. The summed E-state index contributed by atoms with van der Waals surface area (Å²) in [5.74, 6) is 0. The minimum absolute atomic E-state index is 0.274. The van der Waals surface area contributed by atoms with E-state index in [1.54, 1.807) is 0 Å². The van der Waals surface area contributed by atoms with Crippen molar-refractivity contribution in [2.75, 3.05) is 19.6 Å². The van der Waals surface area contributed by atoms with Crippen LogP contribution >= 0.6 is 0 Å². The predicted molar refractivity (Wildman–Crippen MR) is 83.6 cm³/mol. The Balaban J connectivity index is 2.09. The summed E-state index contributed by atoms with van der Waals surface area (Å²) in [7, 11) is 0. The number of benzene rings is 1. The summed E-state index contributed by atoms with van der Waals surface area (Å²) in [6.45, 7) is 10.2. The largest absolute Gasteiger partial charge is 0.390 e. The van der Waals surface area contributed by atoms with Crippen molar-refractivity contribution in [3.63, 3.8) is 0 Å². The molecule has 2 N–H and O–H groups in total. The first kappa shape index (κ1) is 15.5. The standard InChI is InChI=1S/C17H28N2O/c1-17(2,3)9-15-10-18-11-16(20)13-19(15)12-14-7-5-4-6-8-14/h4-8,15-16,18,20H,9-13H2,1-3H3. The number of hydrogen-bond acceptors (Lipinski definition) is 3. The topological polar surface area (TPSA) is 35.5 Å². The molecular formula is C17H28N2O. The normalized spacial score (nSPS) is 25.4. The van der Waals surface area contributed by atoms with Crippen LogP contribution in [0.5, 0.6) is 0 Å². The van der Waals surface area contributed by atoms with Crippen LogP contribution in [-0.4, -0.2) is 41.8 Å². The molecule has 2 atom stereocenters. The van der Waals surface area contributed by atoms with Crippen LogP contribution in [0.15, 0.2) is 30.3 Å². The van der Waals surface area contributed by atoms with Gasteiger partial charge in [-0.15, -0.1) is 0 Å². The van der Waals surface area contributed by atoms with Gasteiger partial charge >= 0.3 is 0 Å². The van der Waals surface area contributed by atoms with Gasteiger partial charge in [0.25, 0.3) is 0 Å². The van der Waals surface area contributed by atoms with Crippen LogP contribution in [0, 0.1) is 5.41 Å². The summed E-state index contributed by atoms with van der Waals surface area (Å²) in [5, 5.41) is 13.4. The van der Waals surface area contributed by atoms with E-state index in [-0.39, 0.29) is 6.10 Å². The zero-order chi connectivity index (χ0) is 14.6. The van der Waals surface area contributed by atoms with Crippen molar-refractivity contribution in [3.8, 4) is 0 Å². The van der Waals surface area contributed by atoms with Crippen molar-refractivity contribution in [2.24, 2.45) is 5.41 Å². The first-order valence-electron chi connectivity index (χ1n) is 7.61. The lowest BCUT2D eigenvalue weighted by Gasteiger charge is -2.34. The molecular weight excluding hydrogens is 248 g/mol. The van der Waals surface area contributed by atoms with E-state index in [9.17, 15) is 5.11 Å². The highest BCUT2D eigenvalue weighted by Gasteiger charge is 2.28. The second-order valence-corrected chi connectivity index (χ2v) is 7.15. The molecule has 1 aliphatic rings. The highest BCUT2D eigenvalue weighted by atomic mass is 16.3. The summed E-state index contributed by atoms with van der Waals surface area (Å²) >= 11 is 0. The Bertz CT molecular complexity index is 399. The lowest BCUT2D eigenvalue weighted by atomic mass is 9.87. The van der Waals surface area contributed by atoms with Gasteiger partial charge in [0.2, 0.25) is 0 Å². The molecule has 1 aliphatic heterocycles. The van der Waals surface area contributed by atoms with Crippen molar-refractivity contribution in [1.29, 1.82) is 0 Å². The molecule has 1 aromatic carbocycles. The van der Waals surface area contributed by atoms with Gasteiger partial charge in [0.05, 0.1) is 6.10 Å². The third-order valence-electron chi connectivity index (χ3n) is 3.80. The molecule has 3 nitrogen and oxygen atoms in total. The first-order chi connectivity index (χ1) is 9.44. The van der Waals surface area contributed by atoms with Gasteiger partial charge in [0.1, 0.15) is 0 Å². The zero-order valence-electron chi connectivity index (χ0n) is 13.0. The van der Waals surface area contributed by atoms with Crippen LogP contribution in [-0.2, 0) is 6.54 Å². The van der Waals surface area contributed by atoms with Crippen molar-refractivity contribution >= 4 is 0 Å². The van der Waals surface area contributed by atoms with Crippen LogP contribution in [0.3, 0.4) is 0 Å². The lowest BCUT2D eigenvalue weighted by molar-refractivity contribution is 0.0898. The number of rotatable bonds is 3. The summed E-state index contributed by atoms with van der Waals surface area (Å²) in [4.78, 5) is 2.44. The maximum absolute atomic E-state index is 10.0. The van der Waals surface area contributed by atoms with Crippen LogP contribution in [0.1, 0.15) is 32.8 Å². The van der Waals surface area contributed by atoms with E-state index in [1.807, 2.05) is 0 Å². The van der Waals surface area contributed by atoms with Crippen molar-refractivity contribution < 1.29 is 5.11 Å². The van der Waals surface area contributed by atoms with Crippen molar-refractivity contribution in [1.82, 2.24) is 10.2 Å². The molecule has 0 aromatic heterocycles. The van der Waals surface area contributed by atoms with Gasteiger partial charge in [-0.3, -0.25) is 4.90 Å². The second-order valence-electron chi connectivity index (χ2n) is 7.15. The number of aliphatic hydroxyl groups excluding tert-OH is 1. The van der Waals surface area contributed by atoms with Gasteiger partial charge in [-0.2, -0.15) is 0 Å². The molecule has 20 heavy (non-hydrogen) atoms. The Kier molecular flexibility index (Phi) is 5.19. The molecule has 1 aromatic rings. The fraction of sp³-hybridized carbons (Fsp3) is 0.647. The van der Waals surface area contributed by atoms with E-state index in [4.69, 9.17) is 0 Å². The minimum atomic E-state index is -0.274. The predicted octanol–water partition coefficient (Wildman–Crippen LogP) is 2.26. The van der Waals surface area contributed by atoms with Crippen molar-refractivity contribution in [3.05, 3.63) is 35.9 Å². The molecule has 0 amide bonds. The Labute approximate surface area is 123 Å². The molecule has 2 rings (SSSR count). The van der Waals surface area contributed by atoms with Crippen LogP contribution in [0.4, 0.5) is 0 Å². The van der Waals surface area contributed by atoms with Crippen LogP contribution in [0.2, 0.25) is 0 Å². The fourth-order valence-corrected chi connectivity index (χ4v) is 2.95. The minimum Gasteiger partial charge on any atom is -0.390 e. The van der Waals surface area contributed by atoms with E-state index in [0.29, 0.717) is 18.0 Å². The van der Waals surface area contributed by atoms with Gasteiger partial charge in [-0.1, -0.05) is 51.1 Å². The molecule has 1 fully saturated rings. The average molecular weight is 276 g/mol. The maximum atomic E-state index is 10.0. The molecule has 0 spiro atoms. The van der Waals surface area contributed by atoms with E-state index in [2.05, 4.69) is 61.3 Å². The summed E-state index contributed by atoms with van der Waals surface area (Å²) in [5.41, 5.74) is 1.62. The molecule has 0 saturated carbocycles. The quantitative estimate of drug-likeness (QED) is 0.889. The summed E-state index contributed by atoms with van der Waals surface area (Å²) < 4.78 is 0. The Morgan fingerprint density at radius 1 is 1.20 bits per heavy atom. The third-order valence-corrected chi connectivity index (χ3v) is 3.80. The molecule has 0 bridgehead atoms. The van der Waals surface area contributed by atoms with Gasteiger partial charge < -0.3 is 10.4 Å². The Hall–Kier alpha value is -0.900. The van der Waals surface area contributed by atoms with Gasteiger partial charge in [0.15, 0.2) is 0 Å². The Morgan fingerprint density at radius 3 is 2.55 bits per heavy atom. The highest BCUT2D eigenvalue weighted by molar-refractivity contribution is 5.14. The second kappa shape index (κ2) is 6.70. The number of β-amino-alcohol motifs (C(OH)–C–C–N with tert-alkyl or cyclic N) is 1. The average Bonchev–Trinajstić information content (AvgIpc) is 2.51. The molecule has 112 valence electrons. The summed E-state index contributed by atoms with van der Waals surface area (Å²) in [6, 6.07) is 11.0. The molecule has 2 unspecified atom stereocenters. The molecule has 1 saturated heterocycles. The van der Waals surface area contributed by atoms with Crippen LogP contribution < -0.4 is 5.32 Å². The summed E-state index contributed by atoms with van der Waals surface area (Å²) in [6.07, 6.45) is 0.864. The van der Waals surface area contributed by atoms with E-state index in [0.717, 1.165) is 26.1 Å². The zero-order valence-corrected chi connectivity index (χ0v) is 13.0. The molecule has 1 heterocycles. The first-order valence-corrected chi connectivity index (χ1v) is 7.61. The smallest absolute Gasteiger partial charge is 0.0791 e. The fourth-order valence-electron chi connectivity index (χ4n) is 2.95. The monoisotopic (exact) mass is 276 g/mol. The van der Waals surface area contributed by atoms with Gasteiger partial charge in [-0.05, 0) is 17.4 Å². The lowest BCUT2D eigenvalue weighted by Crippen LogP contribution is -2.42. The SMILES string of the molecule is CC(C)(C)CC1CNCC(O)CN1Cc1ccccc1.